The zero-order chi connectivity index (χ0) is 16.1. The maximum atomic E-state index is 12.2. The van der Waals surface area contributed by atoms with Crippen LogP contribution in [0.3, 0.4) is 0 Å². The maximum absolute atomic E-state index is 12.2. The fraction of sp³-hybridized carbons (Fsp3) is 0.316. The van der Waals surface area contributed by atoms with E-state index in [2.05, 4.69) is 26.0 Å². The van der Waals surface area contributed by atoms with Gasteiger partial charge in [0.15, 0.2) is 0 Å². The van der Waals surface area contributed by atoms with Crippen LogP contribution in [-0.2, 0) is 11.2 Å². The summed E-state index contributed by atoms with van der Waals surface area (Å²) < 4.78 is 5.38. The lowest BCUT2D eigenvalue weighted by Crippen LogP contribution is -2.16. The van der Waals surface area contributed by atoms with Gasteiger partial charge in [-0.15, -0.1) is 0 Å². The largest absolute Gasteiger partial charge is 0.426 e. The molecule has 0 bridgehead atoms. The van der Waals surface area contributed by atoms with Gasteiger partial charge in [0.2, 0.25) is 0 Å². The average molecular weight is 317 g/mol. The minimum absolute atomic E-state index is 0.265. The molecule has 0 radical (unpaired) electrons. The summed E-state index contributed by atoms with van der Waals surface area (Å²) in [5.41, 5.74) is 2.25. The topological polar surface area (TPSA) is 26.3 Å². The van der Waals surface area contributed by atoms with Crippen molar-refractivity contribution in [3.63, 3.8) is 0 Å². The third kappa shape index (κ3) is 4.60. The van der Waals surface area contributed by atoms with Gasteiger partial charge in [-0.25, -0.2) is 0 Å². The van der Waals surface area contributed by atoms with E-state index in [0.29, 0.717) is 16.7 Å². The second-order valence-electron chi connectivity index (χ2n) is 5.94. The molecule has 22 heavy (non-hydrogen) atoms. The quantitative estimate of drug-likeness (QED) is 0.556. The molecule has 0 aliphatic carbocycles. The number of ether oxygens (including phenoxy) is 1. The Morgan fingerprint density at radius 2 is 1.59 bits per heavy atom. The lowest BCUT2D eigenvalue weighted by atomic mass is 9.97. The van der Waals surface area contributed by atoms with E-state index in [1.165, 1.54) is 5.56 Å². The van der Waals surface area contributed by atoms with Gasteiger partial charge in [-0.2, -0.15) is 0 Å². The molecule has 116 valence electrons. The summed E-state index contributed by atoms with van der Waals surface area (Å²) in [7, 11) is 0. The summed E-state index contributed by atoms with van der Waals surface area (Å²) in [6, 6.07) is 15.0. The molecule has 0 unspecified atom stereocenters. The molecule has 2 rings (SSSR count). The zero-order valence-corrected chi connectivity index (χ0v) is 13.9. The highest BCUT2D eigenvalue weighted by Gasteiger charge is 2.17. The molecule has 0 saturated heterocycles. The maximum Gasteiger partial charge on any atom is 0.318 e. The lowest BCUT2D eigenvalue weighted by Gasteiger charge is -2.13. The molecule has 0 fully saturated rings. The standard InChI is InChI=1S/C19H21ClO2/c1-13(2)12-15-4-6-16(7-5-15)14(3)19(21)22-18-10-8-17(20)9-11-18/h4-11,13-14H,12H2,1-3H3/t14-/m0/s1. The molecule has 2 aromatic carbocycles. The van der Waals surface area contributed by atoms with Crippen molar-refractivity contribution in [2.45, 2.75) is 33.1 Å². The van der Waals surface area contributed by atoms with Crippen LogP contribution in [0.2, 0.25) is 5.02 Å². The molecular formula is C19H21ClO2. The van der Waals surface area contributed by atoms with Gasteiger partial charge in [0.1, 0.15) is 5.75 Å². The van der Waals surface area contributed by atoms with Crippen LogP contribution in [0.5, 0.6) is 5.75 Å². The first kappa shape index (κ1) is 16.6. The Morgan fingerprint density at radius 1 is 1.00 bits per heavy atom. The number of carbonyl (C=O) groups is 1. The van der Waals surface area contributed by atoms with Crippen molar-refractivity contribution in [3.8, 4) is 5.75 Å². The van der Waals surface area contributed by atoms with Crippen LogP contribution < -0.4 is 4.74 Å². The molecule has 3 heteroatoms. The molecule has 2 aromatic rings. The molecule has 0 aliphatic rings. The van der Waals surface area contributed by atoms with Crippen LogP contribution in [0.25, 0.3) is 0 Å². The van der Waals surface area contributed by atoms with Gasteiger partial charge >= 0.3 is 5.97 Å². The van der Waals surface area contributed by atoms with Crippen molar-refractivity contribution < 1.29 is 9.53 Å². The van der Waals surface area contributed by atoms with Crippen LogP contribution in [-0.4, -0.2) is 5.97 Å². The lowest BCUT2D eigenvalue weighted by molar-refractivity contribution is -0.135. The Bertz CT molecular complexity index is 615. The Kier molecular flexibility index (Phi) is 5.62. The summed E-state index contributed by atoms with van der Waals surface area (Å²) in [5, 5.41) is 0.619. The number of esters is 1. The van der Waals surface area contributed by atoms with E-state index in [1.54, 1.807) is 24.3 Å². The molecule has 1 atom stereocenters. The van der Waals surface area contributed by atoms with Crippen molar-refractivity contribution >= 4 is 17.6 Å². The summed E-state index contributed by atoms with van der Waals surface area (Å²) in [6.45, 7) is 6.25. The molecule has 0 saturated carbocycles. The fourth-order valence-electron chi connectivity index (χ4n) is 2.26. The second kappa shape index (κ2) is 7.46. The molecule has 0 heterocycles. The predicted molar refractivity (Wildman–Crippen MR) is 90.5 cm³/mol. The fourth-order valence-corrected chi connectivity index (χ4v) is 2.38. The number of hydrogen-bond donors (Lipinski definition) is 0. The van der Waals surface area contributed by atoms with Gasteiger partial charge < -0.3 is 4.74 Å². The van der Waals surface area contributed by atoms with Crippen LogP contribution in [0.4, 0.5) is 0 Å². The van der Waals surface area contributed by atoms with E-state index in [-0.39, 0.29) is 11.9 Å². The van der Waals surface area contributed by atoms with Crippen LogP contribution in [0.15, 0.2) is 48.5 Å². The van der Waals surface area contributed by atoms with E-state index >= 15 is 0 Å². The predicted octanol–water partition coefficient (Wildman–Crippen LogP) is 5.25. The van der Waals surface area contributed by atoms with Crippen molar-refractivity contribution in [2.75, 3.05) is 0 Å². The van der Waals surface area contributed by atoms with E-state index in [9.17, 15) is 4.79 Å². The van der Waals surface area contributed by atoms with Crippen molar-refractivity contribution in [1.29, 1.82) is 0 Å². The van der Waals surface area contributed by atoms with Gasteiger partial charge in [-0.1, -0.05) is 49.7 Å². The van der Waals surface area contributed by atoms with Crippen LogP contribution in [0, 0.1) is 5.92 Å². The van der Waals surface area contributed by atoms with Gasteiger partial charge in [-0.05, 0) is 54.7 Å². The number of hydrogen-bond acceptors (Lipinski definition) is 2. The van der Waals surface area contributed by atoms with E-state index in [0.717, 1.165) is 12.0 Å². The van der Waals surface area contributed by atoms with Gasteiger partial charge in [0, 0.05) is 5.02 Å². The van der Waals surface area contributed by atoms with Crippen molar-refractivity contribution in [3.05, 3.63) is 64.7 Å². The highest BCUT2D eigenvalue weighted by molar-refractivity contribution is 6.30. The number of rotatable bonds is 5. The average Bonchev–Trinajstić information content (AvgIpc) is 2.49. The Hall–Kier alpha value is -1.80. The molecule has 0 N–H and O–H groups in total. The van der Waals surface area contributed by atoms with Crippen LogP contribution >= 0.6 is 11.6 Å². The summed E-state index contributed by atoms with van der Waals surface area (Å²) in [6.07, 6.45) is 1.05. The molecule has 0 aliphatic heterocycles. The first-order valence-corrected chi connectivity index (χ1v) is 7.89. The third-order valence-electron chi connectivity index (χ3n) is 3.51. The first-order valence-electron chi connectivity index (χ1n) is 7.52. The van der Waals surface area contributed by atoms with Crippen LogP contribution in [0.1, 0.15) is 37.8 Å². The van der Waals surface area contributed by atoms with Gasteiger partial charge in [0.05, 0.1) is 5.92 Å². The second-order valence-corrected chi connectivity index (χ2v) is 6.37. The number of benzene rings is 2. The monoisotopic (exact) mass is 316 g/mol. The molecular weight excluding hydrogens is 296 g/mol. The number of halogens is 1. The molecule has 0 aromatic heterocycles. The smallest absolute Gasteiger partial charge is 0.318 e. The Morgan fingerprint density at radius 3 is 2.14 bits per heavy atom. The first-order chi connectivity index (χ1) is 10.5. The summed E-state index contributed by atoms with van der Waals surface area (Å²) >= 11 is 5.82. The zero-order valence-electron chi connectivity index (χ0n) is 13.2. The normalized spacial score (nSPS) is 12.2. The molecule has 0 amide bonds. The van der Waals surface area contributed by atoms with E-state index < -0.39 is 0 Å². The highest BCUT2D eigenvalue weighted by Crippen LogP contribution is 2.22. The highest BCUT2D eigenvalue weighted by atomic mass is 35.5. The SMILES string of the molecule is CC(C)Cc1ccc([C@H](C)C(=O)Oc2ccc(Cl)cc2)cc1. The summed E-state index contributed by atoms with van der Waals surface area (Å²) in [4.78, 5) is 12.2. The molecule has 0 spiro atoms. The van der Waals surface area contributed by atoms with Crippen molar-refractivity contribution in [2.24, 2.45) is 5.92 Å². The van der Waals surface area contributed by atoms with Crippen molar-refractivity contribution in [1.82, 2.24) is 0 Å². The van der Waals surface area contributed by atoms with E-state index in [4.69, 9.17) is 16.3 Å². The summed E-state index contributed by atoms with van der Waals surface area (Å²) in [5.74, 6) is 0.568. The third-order valence-corrected chi connectivity index (χ3v) is 3.76. The number of carbonyl (C=O) groups excluding carboxylic acids is 1. The molecule has 2 nitrogen and oxygen atoms in total. The Labute approximate surface area is 137 Å². The van der Waals surface area contributed by atoms with Gasteiger partial charge in [0.25, 0.3) is 0 Å². The minimum atomic E-state index is -0.302. The minimum Gasteiger partial charge on any atom is -0.426 e. The van der Waals surface area contributed by atoms with Gasteiger partial charge in [-0.3, -0.25) is 4.79 Å². The van der Waals surface area contributed by atoms with E-state index in [1.807, 2.05) is 19.1 Å². The Balaban J connectivity index is 2.02.